The van der Waals surface area contributed by atoms with E-state index in [0.29, 0.717) is 25.8 Å². The Morgan fingerprint density at radius 3 is 2.56 bits per heavy atom. The van der Waals surface area contributed by atoms with Crippen LogP contribution in [0.1, 0.15) is 19.8 Å². The molecule has 0 amide bonds. The summed E-state index contributed by atoms with van der Waals surface area (Å²) in [6, 6.07) is 10.9. The molecule has 1 heterocycles. The van der Waals surface area contributed by atoms with Crippen molar-refractivity contribution in [2.24, 2.45) is 10.1 Å². The number of ether oxygens (including phenoxy) is 2. The van der Waals surface area contributed by atoms with E-state index in [9.17, 15) is 0 Å². The van der Waals surface area contributed by atoms with Gasteiger partial charge in [0.05, 0.1) is 12.1 Å². The van der Waals surface area contributed by atoms with E-state index in [2.05, 4.69) is 51.3 Å². The molecule has 150 valence electrons. The predicted molar refractivity (Wildman–Crippen MR) is 112 cm³/mol. The van der Waals surface area contributed by atoms with Gasteiger partial charge in [-0.1, -0.05) is 18.2 Å². The van der Waals surface area contributed by atoms with Crippen LogP contribution in [0, 0.1) is 0 Å². The van der Waals surface area contributed by atoms with Crippen molar-refractivity contribution in [1.82, 2.24) is 9.91 Å². The highest BCUT2D eigenvalue weighted by Crippen LogP contribution is 2.27. The number of nitrogens with one attached hydrogen (secondary N) is 1. The molecule has 1 aromatic carbocycles. The van der Waals surface area contributed by atoms with Gasteiger partial charge in [-0.05, 0) is 31.9 Å². The van der Waals surface area contributed by atoms with E-state index in [-0.39, 0.29) is 5.54 Å². The number of hydrogen-bond donors (Lipinski definition) is 1. The lowest BCUT2D eigenvalue weighted by molar-refractivity contribution is 0.0801. The van der Waals surface area contributed by atoms with E-state index < -0.39 is 0 Å². The van der Waals surface area contributed by atoms with Gasteiger partial charge < -0.3 is 14.8 Å². The van der Waals surface area contributed by atoms with E-state index in [1.54, 1.807) is 19.2 Å². The van der Waals surface area contributed by atoms with Crippen LogP contribution in [0.2, 0.25) is 0 Å². The Hall–Kier alpha value is -2.12. The van der Waals surface area contributed by atoms with Gasteiger partial charge >= 0.3 is 6.02 Å². The first-order valence-corrected chi connectivity index (χ1v) is 9.54. The summed E-state index contributed by atoms with van der Waals surface area (Å²) in [6.07, 6.45) is 2.06. The van der Waals surface area contributed by atoms with Crippen LogP contribution in [0.4, 0.5) is 5.69 Å². The number of methoxy groups -OCH3 is 1. The SMILES string of the molecule is C=NN(CC)C(=NC)OCCN1CCC(COC)(Nc2ccccc2)CC1. The molecule has 1 aliphatic rings. The van der Waals surface area contributed by atoms with Crippen molar-refractivity contribution >= 4 is 18.4 Å². The quantitative estimate of drug-likeness (QED) is 0.408. The van der Waals surface area contributed by atoms with Crippen molar-refractivity contribution in [3.8, 4) is 0 Å². The Morgan fingerprint density at radius 2 is 2.00 bits per heavy atom. The second kappa shape index (κ2) is 10.9. The number of para-hydroxylation sites is 1. The lowest BCUT2D eigenvalue weighted by atomic mass is 9.87. The number of anilines is 1. The van der Waals surface area contributed by atoms with Crippen molar-refractivity contribution in [2.45, 2.75) is 25.3 Å². The van der Waals surface area contributed by atoms with E-state index >= 15 is 0 Å². The summed E-state index contributed by atoms with van der Waals surface area (Å²) in [5.41, 5.74) is 1.13. The van der Waals surface area contributed by atoms with Crippen LogP contribution in [0.5, 0.6) is 0 Å². The van der Waals surface area contributed by atoms with Crippen LogP contribution in [0.3, 0.4) is 0 Å². The Morgan fingerprint density at radius 1 is 1.30 bits per heavy atom. The Bertz CT molecular complexity index is 585. The fourth-order valence-corrected chi connectivity index (χ4v) is 3.43. The number of amidine groups is 1. The fraction of sp³-hybridized carbons (Fsp3) is 0.600. The minimum Gasteiger partial charge on any atom is -0.463 e. The van der Waals surface area contributed by atoms with Crippen molar-refractivity contribution in [1.29, 1.82) is 0 Å². The summed E-state index contributed by atoms with van der Waals surface area (Å²) in [4.78, 5) is 6.57. The van der Waals surface area contributed by atoms with Crippen molar-refractivity contribution in [3.63, 3.8) is 0 Å². The molecule has 7 heteroatoms. The van der Waals surface area contributed by atoms with Crippen molar-refractivity contribution in [3.05, 3.63) is 30.3 Å². The molecule has 0 unspecified atom stereocenters. The molecule has 27 heavy (non-hydrogen) atoms. The maximum atomic E-state index is 5.79. The molecule has 1 aliphatic heterocycles. The first-order valence-electron chi connectivity index (χ1n) is 9.54. The van der Waals surface area contributed by atoms with Gasteiger partial charge in [-0.15, -0.1) is 0 Å². The minimum absolute atomic E-state index is 0.0186. The van der Waals surface area contributed by atoms with Gasteiger partial charge in [0.15, 0.2) is 0 Å². The number of rotatable bonds is 9. The summed E-state index contributed by atoms with van der Waals surface area (Å²) < 4.78 is 11.3. The van der Waals surface area contributed by atoms with Gasteiger partial charge in [0.25, 0.3) is 0 Å². The third-order valence-electron chi connectivity index (χ3n) is 4.94. The summed E-state index contributed by atoms with van der Waals surface area (Å²) in [5.74, 6) is 0. The highest BCUT2D eigenvalue weighted by Gasteiger charge is 2.34. The third kappa shape index (κ3) is 6.22. The van der Waals surface area contributed by atoms with E-state index in [0.717, 1.165) is 38.2 Å². The van der Waals surface area contributed by atoms with Gasteiger partial charge in [-0.3, -0.25) is 4.90 Å². The highest BCUT2D eigenvalue weighted by atomic mass is 16.5. The van der Waals surface area contributed by atoms with Crippen molar-refractivity contribution < 1.29 is 9.47 Å². The van der Waals surface area contributed by atoms with E-state index in [4.69, 9.17) is 9.47 Å². The average molecular weight is 376 g/mol. The maximum Gasteiger partial charge on any atom is 0.308 e. The molecule has 0 atom stereocenters. The van der Waals surface area contributed by atoms with Crippen LogP contribution in [0.25, 0.3) is 0 Å². The molecule has 0 spiro atoms. The van der Waals surface area contributed by atoms with Gasteiger partial charge in [0.2, 0.25) is 0 Å². The van der Waals surface area contributed by atoms with Crippen LogP contribution >= 0.6 is 0 Å². The standard InChI is InChI=1S/C20H33N5O2/c1-5-25(22-3)19(21-2)27-16-15-24-13-11-20(12-14-24,17-26-4)23-18-9-7-6-8-10-18/h6-10,23H,3,5,11-17H2,1-2,4H3. The normalized spacial score (nSPS) is 17.4. The average Bonchev–Trinajstić information content (AvgIpc) is 2.70. The Kier molecular flexibility index (Phi) is 8.54. The summed E-state index contributed by atoms with van der Waals surface area (Å²) in [6.45, 7) is 10.4. The third-order valence-corrected chi connectivity index (χ3v) is 4.94. The predicted octanol–water partition coefficient (Wildman–Crippen LogP) is 2.52. The van der Waals surface area contributed by atoms with Gasteiger partial charge in [-0.25, -0.2) is 10.0 Å². The summed E-state index contributed by atoms with van der Waals surface area (Å²) in [7, 11) is 3.48. The van der Waals surface area contributed by atoms with E-state index in [1.807, 2.05) is 13.0 Å². The number of hydrazone groups is 1. The molecule has 0 bridgehead atoms. The molecule has 2 rings (SSSR count). The molecule has 0 aliphatic carbocycles. The summed E-state index contributed by atoms with van der Waals surface area (Å²) in [5, 5.41) is 9.27. The minimum atomic E-state index is -0.0186. The van der Waals surface area contributed by atoms with Crippen molar-refractivity contribution in [2.75, 3.05) is 58.9 Å². The molecule has 1 aromatic rings. The van der Waals surface area contributed by atoms with Crippen LogP contribution in [0.15, 0.2) is 40.4 Å². The first kappa shape index (κ1) is 21.2. The molecule has 7 nitrogen and oxygen atoms in total. The zero-order valence-electron chi connectivity index (χ0n) is 16.9. The molecular formula is C20H33N5O2. The van der Waals surface area contributed by atoms with Crippen LogP contribution in [-0.2, 0) is 9.47 Å². The summed E-state index contributed by atoms with van der Waals surface area (Å²) >= 11 is 0. The van der Waals surface area contributed by atoms with Gasteiger partial charge in [0, 0.05) is 52.7 Å². The smallest absolute Gasteiger partial charge is 0.308 e. The van der Waals surface area contributed by atoms with Gasteiger partial charge in [0.1, 0.15) is 6.61 Å². The van der Waals surface area contributed by atoms with Crippen LogP contribution < -0.4 is 5.32 Å². The number of hydrogen-bond acceptors (Lipinski definition) is 6. The van der Waals surface area contributed by atoms with Crippen LogP contribution in [-0.4, -0.2) is 81.7 Å². The fourth-order valence-electron chi connectivity index (χ4n) is 3.43. The Labute approximate surface area is 163 Å². The Balaban J connectivity index is 1.83. The second-order valence-electron chi connectivity index (χ2n) is 6.76. The zero-order valence-corrected chi connectivity index (χ0v) is 16.9. The number of nitrogens with zero attached hydrogens (tertiary/aromatic N) is 4. The highest BCUT2D eigenvalue weighted by molar-refractivity contribution is 5.73. The molecule has 0 aromatic heterocycles. The molecular weight excluding hydrogens is 342 g/mol. The molecule has 0 radical (unpaired) electrons. The molecule has 1 fully saturated rings. The molecule has 1 saturated heterocycles. The zero-order chi connectivity index (χ0) is 19.5. The number of likely N-dealkylation sites (tertiary alicyclic amines) is 1. The lowest BCUT2D eigenvalue weighted by Gasteiger charge is -2.42. The largest absolute Gasteiger partial charge is 0.463 e. The number of piperidine rings is 1. The maximum absolute atomic E-state index is 5.79. The second-order valence-corrected chi connectivity index (χ2v) is 6.76. The number of benzene rings is 1. The topological polar surface area (TPSA) is 61.7 Å². The lowest BCUT2D eigenvalue weighted by Crippen LogP contribution is -2.52. The molecule has 1 N–H and O–H groups in total. The monoisotopic (exact) mass is 375 g/mol. The molecule has 0 saturated carbocycles. The number of aliphatic imine (C=N–C) groups is 1. The first-order chi connectivity index (χ1) is 13.2. The van der Waals surface area contributed by atoms with Gasteiger partial charge in [-0.2, -0.15) is 5.10 Å². The van der Waals surface area contributed by atoms with E-state index in [1.165, 1.54) is 0 Å².